The number of carbonyl (C=O) groups excluding carboxylic acids is 1. The third-order valence-electron chi connectivity index (χ3n) is 2.36. The summed E-state index contributed by atoms with van der Waals surface area (Å²) < 4.78 is 4.93. The molecule has 4 nitrogen and oxygen atoms in total. The van der Waals surface area contributed by atoms with Gasteiger partial charge in [0.25, 0.3) is 0 Å². The van der Waals surface area contributed by atoms with Crippen molar-refractivity contribution < 1.29 is 9.53 Å². The number of methoxy groups -OCH3 is 1. The highest BCUT2D eigenvalue weighted by atomic mass is 35.5. The normalized spacial score (nSPS) is 10.3. The van der Waals surface area contributed by atoms with Gasteiger partial charge in [-0.2, -0.15) is 0 Å². The molecule has 0 bridgehead atoms. The predicted octanol–water partition coefficient (Wildman–Crippen LogP) is 2.29. The molecule has 1 aromatic carbocycles. The Bertz CT molecular complexity index is 355. The summed E-state index contributed by atoms with van der Waals surface area (Å²) in [6.45, 7) is 2.27. The molecule has 0 atom stereocenters. The standard InChI is InChI=1S/C13H19ClN2O2/c1-18-10-2-8-15-9-7-13(17)16-12-5-3-11(14)4-6-12/h3-6,15H,2,7-10H2,1H3,(H,16,17). The summed E-state index contributed by atoms with van der Waals surface area (Å²) >= 11 is 5.76. The van der Waals surface area contributed by atoms with Crippen molar-refractivity contribution in [3.8, 4) is 0 Å². The highest BCUT2D eigenvalue weighted by Gasteiger charge is 2.01. The van der Waals surface area contributed by atoms with Crippen molar-refractivity contribution in [1.82, 2.24) is 5.32 Å². The summed E-state index contributed by atoms with van der Waals surface area (Å²) in [5.41, 5.74) is 0.767. The molecule has 5 heteroatoms. The number of anilines is 1. The summed E-state index contributed by atoms with van der Waals surface area (Å²) in [6, 6.07) is 7.07. The van der Waals surface area contributed by atoms with E-state index < -0.39 is 0 Å². The fraction of sp³-hybridized carbons (Fsp3) is 0.462. The molecule has 0 saturated heterocycles. The Hall–Kier alpha value is -1.10. The van der Waals surface area contributed by atoms with Crippen molar-refractivity contribution in [3.05, 3.63) is 29.3 Å². The minimum atomic E-state index is -0.00318. The molecule has 0 radical (unpaired) electrons. The number of halogens is 1. The van der Waals surface area contributed by atoms with Crippen molar-refractivity contribution in [2.45, 2.75) is 12.8 Å². The fourth-order valence-electron chi connectivity index (χ4n) is 1.43. The van der Waals surface area contributed by atoms with Gasteiger partial charge < -0.3 is 15.4 Å². The Labute approximate surface area is 113 Å². The molecule has 1 rings (SSSR count). The predicted molar refractivity (Wildman–Crippen MR) is 74.1 cm³/mol. The molecule has 0 aliphatic heterocycles. The first kappa shape index (κ1) is 15.0. The van der Waals surface area contributed by atoms with Gasteiger partial charge in [0.05, 0.1) is 0 Å². The molecule has 2 N–H and O–H groups in total. The van der Waals surface area contributed by atoms with Crippen LogP contribution in [0, 0.1) is 0 Å². The smallest absolute Gasteiger partial charge is 0.225 e. The third-order valence-corrected chi connectivity index (χ3v) is 2.61. The zero-order valence-corrected chi connectivity index (χ0v) is 11.3. The van der Waals surface area contributed by atoms with Crippen molar-refractivity contribution in [1.29, 1.82) is 0 Å². The van der Waals surface area contributed by atoms with Crippen molar-refractivity contribution in [2.24, 2.45) is 0 Å². The van der Waals surface area contributed by atoms with Gasteiger partial charge in [0.15, 0.2) is 0 Å². The number of ether oxygens (including phenoxy) is 1. The molecular formula is C13H19ClN2O2. The molecule has 0 fully saturated rings. The van der Waals surface area contributed by atoms with Crippen LogP contribution in [-0.2, 0) is 9.53 Å². The molecule has 0 aliphatic rings. The minimum absolute atomic E-state index is 0.00318. The van der Waals surface area contributed by atoms with Crippen molar-refractivity contribution in [2.75, 3.05) is 32.1 Å². The van der Waals surface area contributed by atoms with E-state index >= 15 is 0 Å². The molecular weight excluding hydrogens is 252 g/mol. The van der Waals surface area contributed by atoms with Gasteiger partial charge in [-0.05, 0) is 37.2 Å². The van der Waals surface area contributed by atoms with Crippen molar-refractivity contribution in [3.63, 3.8) is 0 Å². The van der Waals surface area contributed by atoms with Gasteiger partial charge in [-0.3, -0.25) is 4.79 Å². The van der Waals surface area contributed by atoms with Gasteiger partial charge in [-0.15, -0.1) is 0 Å². The average molecular weight is 271 g/mol. The van der Waals surface area contributed by atoms with Crippen LogP contribution in [0.15, 0.2) is 24.3 Å². The molecule has 0 heterocycles. The Balaban J connectivity index is 2.12. The van der Waals surface area contributed by atoms with Crippen LogP contribution in [-0.4, -0.2) is 32.7 Å². The van der Waals surface area contributed by atoms with Gasteiger partial charge >= 0.3 is 0 Å². The number of rotatable bonds is 8. The van der Waals surface area contributed by atoms with E-state index in [2.05, 4.69) is 10.6 Å². The first-order valence-corrected chi connectivity index (χ1v) is 6.35. The number of hydrogen-bond donors (Lipinski definition) is 2. The number of amides is 1. The second-order valence-electron chi connectivity index (χ2n) is 3.90. The molecule has 0 aromatic heterocycles. The van der Waals surface area contributed by atoms with Gasteiger partial charge in [0.2, 0.25) is 5.91 Å². The van der Waals surface area contributed by atoms with Crippen molar-refractivity contribution >= 4 is 23.2 Å². The second kappa shape index (κ2) is 8.91. The maximum Gasteiger partial charge on any atom is 0.225 e. The van der Waals surface area contributed by atoms with Crippen LogP contribution in [0.25, 0.3) is 0 Å². The van der Waals surface area contributed by atoms with E-state index in [0.717, 1.165) is 25.3 Å². The molecule has 100 valence electrons. The highest BCUT2D eigenvalue weighted by molar-refractivity contribution is 6.30. The quantitative estimate of drug-likeness (QED) is 0.713. The summed E-state index contributed by atoms with van der Waals surface area (Å²) in [4.78, 5) is 11.6. The van der Waals surface area contributed by atoms with Crippen LogP contribution in [0.2, 0.25) is 5.02 Å². The molecule has 0 aliphatic carbocycles. The van der Waals surface area contributed by atoms with E-state index in [4.69, 9.17) is 16.3 Å². The molecule has 1 amide bonds. The maximum atomic E-state index is 11.6. The van der Waals surface area contributed by atoms with Crippen LogP contribution in [0.1, 0.15) is 12.8 Å². The number of nitrogens with one attached hydrogen (secondary N) is 2. The van der Waals surface area contributed by atoms with E-state index in [1.807, 2.05) is 0 Å². The average Bonchev–Trinajstić information content (AvgIpc) is 2.36. The van der Waals surface area contributed by atoms with Gasteiger partial charge in [-0.1, -0.05) is 11.6 Å². The zero-order valence-electron chi connectivity index (χ0n) is 10.5. The lowest BCUT2D eigenvalue weighted by molar-refractivity contribution is -0.116. The second-order valence-corrected chi connectivity index (χ2v) is 4.34. The fourth-order valence-corrected chi connectivity index (χ4v) is 1.55. The molecule has 1 aromatic rings. The maximum absolute atomic E-state index is 11.6. The number of carbonyl (C=O) groups is 1. The highest BCUT2D eigenvalue weighted by Crippen LogP contribution is 2.13. The van der Waals surface area contributed by atoms with Gasteiger partial charge in [0.1, 0.15) is 0 Å². The molecule has 18 heavy (non-hydrogen) atoms. The SMILES string of the molecule is COCCCNCCC(=O)Nc1ccc(Cl)cc1. The van der Waals surface area contributed by atoms with Crippen LogP contribution in [0.3, 0.4) is 0 Å². The minimum Gasteiger partial charge on any atom is -0.385 e. The summed E-state index contributed by atoms with van der Waals surface area (Å²) in [5, 5.41) is 6.65. The number of benzene rings is 1. The third kappa shape index (κ3) is 6.59. The monoisotopic (exact) mass is 270 g/mol. The van der Waals surface area contributed by atoms with Crippen LogP contribution in [0.4, 0.5) is 5.69 Å². The lowest BCUT2D eigenvalue weighted by Gasteiger charge is -2.06. The summed E-state index contributed by atoms with van der Waals surface area (Å²) in [5.74, 6) is -0.00318. The zero-order chi connectivity index (χ0) is 13.2. The van der Waals surface area contributed by atoms with E-state index in [1.165, 1.54) is 0 Å². The number of hydrogen-bond acceptors (Lipinski definition) is 3. The topological polar surface area (TPSA) is 50.4 Å². The Morgan fingerprint density at radius 1 is 1.28 bits per heavy atom. The first-order chi connectivity index (χ1) is 8.72. The molecule has 0 unspecified atom stereocenters. The molecule has 0 spiro atoms. The van der Waals surface area contributed by atoms with Gasteiger partial charge in [-0.25, -0.2) is 0 Å². The van der Waals surface area contributed by atoms with Crippen LogP contribution in [0.5, 0.6) is 0 Å². The largest absolute Gasteiger partial charge is 0.385 e. The first-order valence-electron chi connectivity index (χ1n) is 5.97. The Kier molecular flexibility index (Phi) is 7.41. The van der Waals surface area contributed by atoms with E-state index in [-0.39, 0.29) is 5.91 Å². The van der Waals surface area contributed by atoms with Crippen LogP contribution < -0.4 is 10.6 Å². The molecule has 0 saturated carbocycles. The van der Waals surface area contributed by atoms with E-state index in [1.54, 1.807) is 31.4 Å². The van der Waals surface area contributed by atoms with Gasteiger partial charge in [0, 0.05) is 37.4 Å². The van der Waals surface area contributed by atoms with E-state index in [9.17, 15) is 4.79 Å². The lowest BCUT2D eigenvalue weighted by atomic mass is 10.3. The van der Waals surface area contributed by atoms with Crippen LogP contribution >= 0.6 is 11.6 Å². The Morgan fingerprint density at radius 2 is 2.00 bits per heavy atom. The Morgan fingerprint density at radius 3 is 2.67 bits per heavy atom. The summed E-state index contributed by atoms with van der Waals surface area (Å²) in [6.07, 6.45) is 1.41. The summed E-state index contributed by atoms with van der Waals surface area (Å²) in [7, 11) is 1.68. The van der Waals surface area contributed by atoms with E-state index in [0.29, 0.717) is 18.0 Å². The lowest BCUT2D eigenvalue weighted by Crippen LogP contribution is -2.23.